The molecule has 3 heteroatoms. The number of hydrogen-bond acceptors (Lipinski definition) is 2. The van der Waals surface area contributed by atoms with Crippen molar-refractivity contribution in [1.29, 1.82) is 0 Å². The van der Waals surface area contributed by atoms with Crippen LogP contribution in [0.1, 0.15) is 26.3 Å². The lowest BCUT2D eigenvalue weighted by molar-refractivity contribution is 0.272. The molecule has 0 bridgehead atoms. The van der Waals surface area contributed by atoms with Gasteiger partial charge in [0.15, 0.2) is 8.32 Å². The van der Waals surface area contributed by atoms with E-state index in [1.165, 1.54) is 11.3 Å². The molecule has 0 spiro atoms. The van der Waals surface area contributed by atoms with Crippen molar-refractivity contribution in [3.63, 3.8) is 0 Å². The summed E-state index contributed by atoms with van der Waals surface area (Å²) >= 11 is 0. The van der Waals surface area contributed by atoms with E-state index in [1.54, 1.807) is 0 Å². The molecule has 1 N–H and O–H groups in total. The zero-order chi connectivity index (χ0) is 13.4. The Kier molecular flexibility index (Phi) is 3.56. The van der Waals surface area contributed by atoms with Crippen molar-refractivity contribution in [2.24, 2.45) is 0 Å². The summed E-state index contributed by atoms with van der Waals surface area (Å²) in [4.78, 5) is 0. The molecule has 100 valence electrons. The van der Waals surface area contributed by atoms with Crippen molar-refractivity contribution < 1.29 is 4.43 Å². The molecule has 1 aromatic carbocycles. The molecule has 0 unspecified atom stereocenters. The zero-order valence-electron chi connectivity index (χ0n) is 12.2. The molecule has 0 saturated heterocycles. The third kappa shape index (κ3) is 2.78. The average Bonchev–Trinajstić information content (AvgIpc) is 2.67. The van der Waals surface area contributed by atoms with Crippen LogP contribution in [0.5, 0.6) is 0 Å². The number of rotatable bonds is 3. The topological polar surface area (TPSA) is 21.3 Å². The van der Waals surface area contributed by atoms with Crippen LogP contribution in [-0.4, -0.2) is 21.0 Å². The van der Waals surface area contributed by atoms with Crippen molar-refractivity contribution >= 4 is 14.0 Å². The molecule has 2 rings (SSSR count). The first kappa shape index (κ1) is 13.6. The van der Waals surface area contributed by atoms with Gasteiger partial charge in [-0.2, -0.15) is 0 Å². The third-order valence-electron chi connectivity index (χ3n) is 4.29. The molecule has 1 aromatic rings. The molecule has 2 nitrogen and oxygen atoms in total. The molecular weight excluding hydrogens is 238 g/mol. The minimum absolute atomic E-state index is 0.290. The summed E-state index contributed by atoms with van der Waals surface area (Å²) in [5, 5.41) is 3.85. The Morgan fingerprint density at radius 1 is 1.28 bits per heavy atom. The van der Waals surface area contributed by atoms with Gasteiger partial charge in [-0.25, -0.2) is 0 Å². The highest BCUT2D eigenvalue weighted by molar-refractivity contribution is 6.74. The number of nitrogens with one attached hydrogen (secondary N) is 1. The van der Waals surface area contributed by atoms with Crippen molar-refractivity contribution in [2.45, 2.75) is 51.4 Å². The van der Waals surface area contributed by atoms with Crippen LogP contribution in [0, 0.1) is 0 Å². The Morgan fingerprint density at radius 2 is 1.94 bits per heavy atom. The molecule has 1 atom stereocenters. The van der Waals surface area contributed by atoms with Crippen molar-refractivity contribution in [3.05, 3.63) is 29.8 Å². The van der Waals surface area contributed by atoms with E-state index in [-0.39, 0.29) is 0 Å². The van der Waals surface area contributed by atoms with Crippen LogP contribution < -0.4 is 5.32 Å². The number of fused-ring (bicyclic) bond motifs is 1. The quantitative estimate of drug-likeness (QED) is 0.831. The predicted octanol–water partition coefficient (Wildman–Crippen LogP) is 4.05. The minimum Gasteiger partial charge on any atom is -0.415 e. The van der Waals surface area contributed by atoms with E-state index in [2.05, 4.69) is 63.4 Å². The number of hydrogen-bond donors (Lipinski definition) is 1. The lowest BCUT2D eigenvalue weighted by atomic mass is 10.1. The summed E-state index contributed by atoms with van der Waals surface area (Å²) in [5.41, 5.74) is 2.70. The molecular formula is C15H25NOSi. The van der Waals surface area contributed by atoms with Crippen LogP contribution in [0.3, 0.4) is 0 Å². The predicted molar refractivity (Wildman–Crippen MR) is 80.7 cm³/mol. The SMILES string of the molecule is CC(C)(C)[Si](C)(C)OC[C@@H]1Cc2ccccc2N1. The lowest BCUT2D eigenvalue weighted by Gasteiger charge is -2.37. The summed E-state index contributed by atoms with van der Waals surface area (Å²) in [6, 6.07) is 8.99. The van der Waals surface area contributed by atoms with Gasteiger partial charge in [0.25, 0.3) is 0 Å². The first-order valence-corrected chi connectivity index (χ1v) is 9.69. The van der Waals surface area contributed by atoms with Gasteiger partial charge in [0.2, 0.25) is 0 Å². The third-order valence-corrected chi connectivity index (χ3v) is 8.80. The van der Waals surface area contributed by atoms with Gasteiger partial charge in [-0.1, -0.05) is 39.0 Å². The highest BCUT2D eigenvalue weighted by Crippen LogP contribution is 2.37. The standard InChI is InChI=1S/C15H25NOSi/c1-15(2,3)18(4,5)17-11-13-10-12-8-6-7-9-14(12)16-13/h6-9,13,16H,10-11H2,1-5H3/t13-/m0/s1. The van der Waals surface area contributed by atoms with Crippen molar-refractivity contribution in [3.8, 4) is 0 Å². The van der Waals surface area contributed by atoms with Gasteiger partial charge in [-0.3, -0.25) is 0 Å². The van der Waals surface area contributed by atoms with Gasteiger partial charge in [0.1, 0.15) is 0 Å². The van der Waals surface area contributed by atoms with E-state index < -0.39 is 8.32 Å². The molecule has 1 aliphatic heterocycles. The van der Waals surface area contributed by atoms with Crippen LogP contribution in [0.2, 0.25) is 18.1 Å². The zero-order valence-corrected chi connectivity index (χ0v) is 13.2. The summed E-state index contributed by atoms with van der Waals surface area (Å²) in [7, 11) is -1.62. The summed E-state index contributed by atoms with van der Waals surface area (Å²) in [6.45, 7) is 12.3. The maximum Gasteiger partial charge on any atom is 0.192 e. The second kappa shape index (κ2) is 4.70. The van der Waals surface area contributed by atoms with E-state index in [1.807, 2.05) is 0 Å². The van der Waals surface area contributed by atoms with Gasteiger partial charge < -0.3 is 9.74 Å². The Balaban J connectivity index is 1.91. The van der Waals surface area contributed by atoms with Crippen molar-refractivity contribution in [2.75, 3.05) is 11.9 Å². The fraction of sp³-hybridized carbons (Fsp3) is 0.600. The molecule has 0 aliphatic carbocycles. The fourth-order valence-electron chi connectivity index (χ4n) is 2.00. The van der Waals surface area contributed by atoms with E-state index in [4.69, 9.17) is 4.43 Å². The Labute approximate surface area is 112 Å². The maximum atomic E-state index is 6.29. The van der Waals surface area contributed by atoms with Gasteiger partial charge in [-0.05, 0) is 36.2 Å². The van der Waals surface area contributed by atoms with E-state index >= 15 is 0 Å². The van der Waals surface area contributed by atoms with E-state index in [0.29, 0.717) is 11.1 Å². The van der Waals surface area contributed by atoms with Crippen LogP contribution in [-0.2, 0) is 10.8 Å². The maximum absolute atomic E-state index is 6.29. The smallest absolute Gasteiger partial charge is 0.192 e. The molecule has 1 heterocycles. The number of para-hydroxylation sites is 1. The molecule has 1 aliphatic rings. The largest absolute Gasteiger partial charge is 0.415 e. The second-order valence-corrected chi connectivity index (χ2v) is 11.6. The minimum atomic E-state index is -1.62. The lowest BCUT2D eigenvalue weighted by Crippen LogP contribution is -2.43. The Bertz CT molecular complexity index is 398. The summed E-state index contributed by atoms with van der Waals surface area (Å²) in [6.07, 6.45) is 1.09. The summed E-state index contributed by atoms with van der Waals surface area (Å²) in [5.74, 6) is 0. The normalized spacial score (nSPS) is 19.5. The highest BCUT2D eigenvalue weighted by atomic mass is 28.4. The number of anilines is 1. The Morgan fingerprint density at radius 3 is 2.56 bits per heavy atom. The Hall–Kier alpha value is -0.803. The highest BCUT2D eigenvalue weighted by Gasteiger charge is 2.38. The summed E-state index contributed by atoms with van der Waals surface area (Å²) < 4.78 is 6.29. The molecule has 0 saturated carbocycles. The first-order chi connectivity index (χ1) is 8.29. The van der Waals surface area contributed by atoms with E-state index in [9.17, 15) is 0 Å². The van der Waals surface area contributed by atoms with Gasteiger partial charge >= 0.3 is 0 Å². The van der Waals surface area contributed by atoms with Crippen LogP contribution in [0.4, 0.5) is 5.69 Å². The molecule has 18 heavy (non-hydrogen) atoms. The average molecular weight is 263 g/mol. The van der Waals surface area contributed by atoms with Crippen LogP contribution >= 0.6 is 0 Å². The van der Waals surface area contributed by atoms with Crippen LogP contribution in [0.25, 0.3) is 0 Å². The van der Waals surface area contributed by atoms with Gasteiger partial charge in [0, 0.05) is 5.69 Å². The molecule has 0 fully saturated rings. The fourth-order valence-corrected chi connectivity index (χ4v) is 3.05. The van der Waals surface area contributed by atoms with Crippen molar-refractivity contribution in [1.82, 2.24) is 0 Å². The second-order valence-electron chi connectivity index (χ2n) is 6.77. The van der Waals surface area contributed by atoms with Gasteiger partial charge in [0.05, 0.1) is 12.6 Å². The van der Waals surface area contributed by atoms with E-state index in [0.717, 1.165) is 13.0 Å². The first-order valence-electron chi connectivity index (χ1n) is 6.78. The molecule has 0 aromatic heterocycles. The van der Waals surface area contributed by atoms with Crippen LogP contribution in [0.15, 0.2) is 24.3 Å². The molecule has 0 radical (unpaired) electrons. The monoisotopic (exact) mass is 263 g/mol. The molecule has 0 amide bonds. The number of benzene rings is 1. The van der Waals surface area contributed by atoms with Gasteiger partial charge in [-0.15, -0.1) is 0 Å².